The first-order chi connectivity index (χ1) is 9.74. The second-order valence-corrected chi connectivity index (χ2v) is 5.09. The van der Waals surface area contributed by atoms with Crippen molar-refractivity contribution in [3.8, 4) is 17.0 Å². The number of hydrogen-bond acceptors (Lipinski definition) is 3. The third-order valence-electron chi connectivity index (χ3n) is 3.43. The average molecular weight is 273 g/mol. The number of aromatic amines is 1. The predicted octanol–water partition coefficient (Wildman–Crippen LogP) is 3.32. The van der Waals surface area contributed by atoms with Gasteiger partial charge >= 0.3 is 0 Å². The van der Waals surface area contributed by atoms with Crippen LogP contribution in [0.2, 0.25) is 0 Å². The van der Waals surface area contributed by atoms with Crippen LogP contribution in [0.25, 0.3) is 11.3 Å². The molecule has 0 atom stereocenters. The van der Waals surface area contributed by atoms with Crippen LogP contribution in [0, 0.1) is 0 Å². The molecular weight excluding hydrogens is 250 g/mol. The lowest BCUT2D eigenvalue weighted by molar-refractivity contribution is 0.321. The van der Waals surface area contributed by atoms with E-state index in [2.05, 4.69) is 41.2 Å². The number of ether oxygens (including phenoxy) is 1. The SMILES string of the molecule is CCCCN(C)Cc1cn[nH]c1-c1ccc(OC)cc1. The van der Waals surface area contributed by atoms with Crippen molar-refractivity contribution in [2.45, 2.75) is 26.3 Å². The Labute approximate surface area is 120 Å². The Hall–Kier alpha value is -1.81. The molecule has 0 aliphatic rings. The third-order valence-corrected chi connectivity index (χ3v) is 3.43. The first-order valence-corrected chi connectivity index (χ1v) is 7.09. The van der Waals surface area contributed by atoms with E-state index < -0.39 is 0 Å². The number of aromatic nitrogens is 2. The zero-order valence-corrected chi connectivity index (χ0v) is 12.5. The molecule has 0 radical (unpaired) electrons. The highest BCUT2D eigenvalue weighted by Gasteiger charge is 2.10. The summed E-state index contributed by atoms with van der Waals surface area (Å²) >= 11 is 0. The van der Waals surface area contributed by atoms with Crippen LogP contribution in [0.3, 0.4) is 0 Å². The number of H-pyrrole nitrogens is 1. The average Bonchev–Trinajstić information content (AvgIpc) is 2.93. The Balaban J connectivity index is 2.11. The lowest BCUT2D eigenvalue weighted by Crippen LogP contribution is -2.19. The lowest BCUT2D eigenvalue weighted by atomic mass is 10.1. The molecule has 0 saturated heterocycles. The molecule has 2 aromatic rings. The summed E-state index contributed by atoms with van der Waals surface area (Å²) < 4.78 is 5.19. The van der Waals surface area contributed by atoms with Gasteiger partial charge in [0.05, 0.1) is 19.0 Å². The fraction of sp³-hybridized carbons (Fsp3) is 0.438. The minimum atomic E-state index is 0.870. The van der Waals surface area contributed by atoms with Crippen molar-refractivity contribution in [1.82, 2.24) is 15.1 Å². The fourth-order valence-electron chi connectivity index (χ4n) is 2.24. The van der Waals surface area contributed by atoms with Gasteiger partial charge in [-0.1, -0.05) is 13.3 Å². The van der Waals surface area contributed by atoms with Crippen LogP contribution in [0.1, 0.15) is 25.3 Å². The number of rotatable bonds is 7. The highest BCUT2D eigenvalue weighted by Crippen LogP contribution is 2.24. The van der Waals surface area contributed by atoms with E-state index in [9.17, 15) is 0 Å². The molecule has 0 aliphatic carbocycles. The number of benzene rings is 1. The van der Waals surface area contributed by atoms with E-state index >= 15 is 0 Å². The van der Waals surface area contributed by atoms with E-state index in [4.69, 9.17) is 4.74 Å². The molecule has 4 heteroatoms. The van der Waals surface area contributed by atoms with Crippen molar-refractivity contribution in [3.63, 3.8) is 0 Å². The monoisotopic (exact) mass is 273 g/mol. The van der Waals surface area contributed by atoms with Crippen LogP contribution in [-0.2, 0) is 6.54 Å². The topological polar surface area (TPSA) is 41.2 Å². The zero-order valence-electron chi connectivity index (χ0n) is 12.5. The fourth-order valence-corrected chi connectivity index (χ4v) is 2.24. The molecule has 1 aromatic heterocycles. The van der Waals surface area contributed by atoms with Gasteiger partial charge in [-0.2, -0.15) is 5.10 Å². The van der Waals surface area contributed by atoms with E-state index in [1.807, 2.05) is 18.3 Å². The van der Waals surface area contributed by atoms with E-state index in [-0.39, 0.29) is 0 Å². The quantitative estimate of drug-likeness (QED) is 0.841. The summed E-state index contributed by atoms with van der Waals surface area (Å²) in [6.07, 6.45) is 4.37. The van der Waals surface area contributed by atoms with Gasteiger partial charge in [-0.15, -0.1) is 0 Å². The van der Waals surface area contributed by atoms with Gasteiger partial charge < -0.3 is 9.64 Å². The van der Waals surface area contributed by atoms with Crippen LogP contribution in [0.4, 0.5) is 0 Å². The number of nitrogens with zero attached hydrogens (tertiary/aromatic N) is 2. The molecule has 108 valence electrons. The Morgan fingerprint density at radius 1 is 1.25 bits per heavy atom. The molecule has 0 saturated carbocycles. The number of methoxy groups -OCH3 is 1. The molecule has 0 spiro atoms. The number of unbranched alkanes of at least 4 members (excludes halogenated alkanes) is 1. The highest BCUT2D eigenvalue weighted by molar-refractivity contribution is 5.63. The van der Waals surface area contributed by atoms with Crippen LogP contribution >= 0.6 is 0 Å². The second kappa shape index (κ2) is 7.10. The van der Waals surface area contributed by atoms with Crippen molar-refractivity contribution in [3.05, 3.63) is 36.0 Å². The van der Waals surface area contributed by atoms with E-state index in [1.165, 1.54) is 18.4 Å². The van der Waals surface area contributed by atoms with Gasteiger partial charge in [0.2, 0.25) is 0 Å². The molecule has 0 bridgehead atoms. The van der Waals surface area contributed by atoms with Gasteiger partial charge in [-0.05, 0) is 44.3 Å². The van der Waals surface area contributed by atoms with Gasteiger partial charge in [0, 0.05) is 17.7 Å². The molecule has 1 aromatic carbocycles. The van der Waals surface area contributed by atoms with Gasteiger partial charge in [-0.25, -0.2) is 0 Å². The summed E-state index contributed by atoms with van der Waals surface area (Å²) in [6, 6.07) is 8.06. The van der Waals surface area contributed by atoms with Crippen LogP contribution in [0.15, 0.2) is 30.5 Å². The van der Waals surface area contributed by atoms with Crippen LogP contribution in [0.5, 0.6) is 5.75 Å². The van der Waals surface area contributed by atoms with Crippen LogP contribution in [-0.4, -0.2) is 35.8 Å². The van der Waals surface area contributed by atoms with Gasteiger partial charge in [0.25, 0.3) is 0 Å². The predicted molar refractivity (Wildman–Crippen MR) is 81.8 cm³/mol. The smallest absolute Gasteiger partial charge is 0.118 e. The molecule has 0 unspecified atom stereocenters. The molecule has 0 aliphatic heterocycles. The Morgan fingerprint density at radius 3 is 2.65 bits per heavy atom. The normalized spacial score (nSPS) is 11.0. The summed E-state index contributed by atoms with van der Waals surface area (Å²) in [4.78, 5) is 2.33. The van der Waals surface area contributed by atoms with Gasteiger partial charge in [0.15, 0.2) is 0 Å². The molecule has 0 fully saturated rings. The summed E-state index contributed by atoms with van der Waals surface area (Å²) in [5.74, 6) is 0.870. The lowest BCUT2D eigenvalue weighted by Gasteiger charge is -2.16. The first-order valence-electron chi connectivity index (χ1n) is 7.09. The van der Waals surface area contributed by atoms with Gasteiger partial charge in [-0.3, -0.25) is 5.10 Å². The summed E-state index contributed by atoms with van der Waals surface area (Å²) in [5, 5.41) is 7.30. The van der Waals surface area contributed by atoms with Crippen molar-refractivity contribution in [1.29, 1.82) is 0 Å². The highest BCUT2D eigenvalue weighted by atomic mass is 16.5. The number of nitrogens with one attached hydrogen (secondary N) is 1. The second-order valence-electron chi connectivity index (χ2n) is 5.09. The van der Waals surface area contributed by atoms with Gasteiger partial charge in [0.1, 0.15) is 5.75 Å². The Bertz CT molecular complexity index is 519. The maximum absolute atomic E-state index is 5.19. The molecule has 1 heterocycles. The van der Waals surface area contributed by atoms with Crippen molar-refractivity contribution in [2.24, 2.45) is 0 Å². The third kappa shape index (κ3) is 3.61. The van der Waals surface area contributed by atoms with E-state index in [1.54, 1.807) is 7.11 Å². The zero-order chi connectivity index (χ0) is 14.4. The summed E-state index contributed by atoms with van der Waals surface area (Å²) in [5.41, 5.74) is 3.46. The number of hydrogen-bond donors (Lipinski definition) is 1. The van der Waals surface area contributed by atoms with Crippen LogP contribution < -0.4 is 4.74 Å². The maximum Gasteiger partial charge on any atom is 0.118 e. The van der Waals surface area contributed by atoms with E-state index in [0.29, 0.717) is 0 Å². The summed E-state index contributed by atoms with van der Waals surface area (Å²) in [7, 11) is 3.83. The molecule has 4 nitrogen and oxygen atoms in total. The molecule has 20 heavy (non-hydrogen) atoms. The standard InChI is InChI=1S/C16H23N3O/c1-4-5-10-19(2)12-14-11-17-18-16(14)13-6-8-15(20-3)9-7-13/h6-9,11H,4-5,10,12H2,1-3H3,(H,17,18). The molecular formula is C16H23N3O. The van der Waals surface area contributed by atoms with Crippen molar-refractivity contribution < 1.29 is 4.74 Å². The Morgan fingerprint density at radius 2 is 2.00 bits per heavy atom. The maximum atomic E-state index is 5.19. The van der Waals surface area contributed by atoms with Crippen molar-refractivity contribution in [2.75, 3.05) is 20.7 Å². The van der Waals surface area contributed by atoms with Crippen molar-refractivity contribution >= 4 is 0 Å². The minimum absolute atomic E-state index is 0.870. The first kappa shape index (κ1) is 14.6. The van der Waals surface area contributed by atoms with E-state index in [0.717, 1.165) is 30.1 Å². The largest absolute Gasteiger partial charge is 0.497 e. The Kier molecular flexibility index (Phi) is 5.18. The summed E-state index contributed by atoms with van der Waals surface area (Å²) in [6.45, 7) is 4.25. The molecule has 1 N–H and O–H groups in total. The molecule has 2 rings (SSSR count). The molecule has 0 amide bonds. The minimum Gasteiger partial charge on any atom is -0.497 e.